The number of halogens is 1. The molecule has 1 amide bonds. The van der Waals surface area contributed by atoms with E-state index in [1.807, 2.05) is 18.2 Å². The van der Waals surface area contributed by atoms with Gasteiger partial charge in [0.1, 0.15) is 0 Å². The van der Waals surface area contributed by atoms with E-state index in [4.69, 9.17) is 9.73 Å². The van der Waals surface area contributed by atoms with Gasteiger partial charge in [0.15, 0.2) is 5.96 Å². The first kappa shape index (κ1) is 24.3. The Hall–Kier alpha value is -1.35. The average Bonchev–Trinajstić information content (AvgIpc) is 3.40. The highest BCUT2D eigenvalue weighted by atomic mass is 127. The van der Waals surface area contributed by atoms with Crippen molar-refractivity contribution in [3.05, 3.63) is 35.4 Å². The number of benzene rings is 1. The Bertz CT molecular complexity index is 792. The maximum atomic E-state index is 12.2. The maximum absolute atomic E-state index is 12.2. The topological polar surface area (TPSA) is 66.0 Å². The molecule has 0 bridgehead atoms. The van der Waals surface area contributed by atoms with E-state index in [0.29, 0.717) is 30.0 Å². The van der Waals surface area contributed by atoms with E-state index in [1.165, 1.54) is 25.7 Å². The lowest BCUT2D eigenvalue weighted by molar-refractivity contribution is -0.125. The second-order valence-electron chi connectivity index (χ2n) is 9.22. The van der Waals surface area contributed by atoms with E-state index in [-0.39, 0.29) is 29.9 Å². The number of hydrogen-bond donors (Lipinski definition) is 2. The van der Waals surface area contributed by atoms with Crippen LogP contribution in [0, 0.1) is 11.3 Å². The molecular formula is C24H37IN4O2. The van der Waals surface area contributed by atoms with Crippen molar-refractivity contribution in [3.8, 4) is 0 Å². The zero-order valence-corrected chi connectivity index (χ0v) is 21.4. The summed E-state index contributed by atoms with van der Waals surface area (Å²) in [5.74, 6) is 1.58. The molecule has 0 aromatic heterocycles. The number of carbonyl (C=O) groups excluding carboxylic acids is 1. The van der Waals surface area contributed by atoms with Crippen molar-refractivity contribution in [3.63, 3.8) is 0 Å². The summed E-state index contributed by atoms with van der Waals surface area (Å²) in [6.45, 7) is 4.56. The Labute approximate surface area is 203 Å². The minimum absolute atomic E-state index is 0. The van der Waals surface area contributed by atoms with Gasteiger partial charge in [-0.1, -0.05) is 25.0 Å². The minimum Gasteiger partial charge on any atom is -0.377 e. The molecule has 3 unspecified atom stereocenters. The van der Waals surface area contributed by atoms with Gasteiger partial charge >= 0.3 is 0 Å². The van der Waals surface area contributed by atoms with Crippen LogP contribution in [0.2, 0.25) is 0 Å². The van der Waals surface area contributed by atoms with Gasteiger partial charge in [0.2, 0.25) is 0 Å². The van der Waals surface area contributed by atoms with Crippen LogP contribution < -0.4 is 10.6 Å². The number of hydrogen-bond acceptors (Lipinski definition) is 3. The van der Waals surface area contributed by atoms with Gasteiger partial charge in [-0.3, -0.25) is 9.79 Å². The molecule has 2 aliphatic carbocycles. The van der Waals surface area contributed by atoms with E-state index in [2.05, 4.69) is 23.6 Å². The maximum Gasteiger partial charge on any atom is 0.253 e. The van der Waals surface area contributed by atoms with Crippen LogP contribution in [-0.2, 0) is 11.2 Å². The number of nitrogens with one attached hydrogen (secondary N) is 2. The second kappa shape index (κ2) is 10.5. The second-order valence-corrected chi connectivity index (χ2v) is 9.22. The molecule has 7 heteroatoms. The number of amides is 1. The molecule has 1 aromatic rings. The average molecular weight is 540 g/mol. The van der Waals surface area contributed by atoms with Crippen molar-refractivity contribution in [2.24, 2.45) is 16.3 Å². The van der Waals surface area contributed by atoms with Crippen LogP contribution in [-0.4, -0.2) is 62.7 Å². The fourth-order valence-corrected chi connectivity index (χ4v) is 5.79. The van der Waals surface area contributed by atoms with Gasteiger partial charge in [-0.15, -0.1) is 24.0 Å². The van der Waals surface area contributed by atoms with Crippen LogP contribution in [0.5, 0.6) is 0 Å². The summed E-state index contributed by atoms with van der Waals surface area (Å²) in [4.78, 5) is 18.7. The molecule has 3 aliphatic rings. The molecule has 2 N–H and O–H groups in total. The first-order valence-corrected chi connectivity index (χ1v) is 11.5. The first-order chi connectivity index (χ1) is 14.5. The van der Waals surface area contributed by atoms with Gasteiger partial charge in [0, 0.05) is 56.7 Å². The van der Waals surface area contributed by atoms with Gasteiger partial charge < -0.3 is 20.3 Å². The van der Waals surface area contributed by atoms with Crippen LogP contribution >= 0.6 is 24.0 Å². The zero-order chi connectivity index (χ0) is 21.1. The normalized spacial score (nSPS) is 26.0. The van der Waals surface area contributed by atoms with Crippen molar-refractivity contribution in [2.75, 3.05) is 33.8 Å². The predicted octanol–water partition coefficient (Wildman–Crippen LogP) is 3.45. The molecule has 172 valence electrons. The summed E-state index contributed by atoms with van der Waals surface area (Å²) in [5.41, 5.74) is 2.19. The van der Waals surface area contributed by atoms with E-state index >= 15 is 0 Å². The van der Waals surface area contributed by atoms with Crippen LogP contribution in [0.25, 0.3) is 0 Å². The third kappa shape index (κ3) is 4.87. The van der Waals surface area contributed by atoms with Crippen molar-refractivity contribution in [1.82, 2.24) is 15.5 Å². The first-order valence-electron chi connectivity index (χ1n) is 11.5. The number of rotatable bonds is 6. The van der Waals surface area contributed by atoms with Crippen LogP contribution in [0.1, 0.15) is 54.9 Å². The van der Waals surface area contributed by atoms with Gasteiger partial charge in [0.05, 0.1) is 6.10 Å². The molecule has 6 nitrogen and oxygen atoms in total. The molecule has 1 saturated heterocycles. The van der Waals surface area contributed by atoms with E-state index in [0.717, 1.165) is 43.1 Å². The van der Waals surface area contributed by atoms with Crippen LogP contribution in [0.3, 0.4) is 0 Å². The van der Waals surface area contributed by atoms with E-state index in [9.17, 15) is 4.79 Å². The summed E-state index contributed by atoms with van der Waals surface area (Å²) in [7, 11) is 3.57. The molecule has 1 heterocycles. The van der Waals surface area contributed by atoms with E-state index < -0.39 is 0 Å². The van der Waals surface area contributed by atoms with Crippen molar-refractivity contribution < 1.29 is 9.53 Å². The minimum atomic E-state index is 0. The highest BCUT2D eigenvalue weighted by Crippen LogP contribution is 2.60. The Morgan fingerprint density at radius 2 is 2.06 bits per heavy atom. The molecular weight excluding hydrogens is 503 g/mol. The largest absolute Gasteiger partial charge is 0.377 e. The molecule has 2 saturated carbocycles. The lowest BCUT2D eigenvalue weighted by Crippen LogP contribution is -2.69. The predicted molar refractivity (Wildman–Crippen MR) is 135 cm³/mol. The Balaban J connectivity index is 0.00000272. The van der Waals surface area contributed by atoms with Crippen molar-refractivity contribution >= 4 is 35.8 Å². The lowest BCUT2D eigenvalue weighted by atomic mass is 9.54. The van der Waals surface area contributed by atoms with Crippen LogP contribution in [0.15, 0.2) is 29.3 Å². The molecule has 1 aliphatic heterocycles. The Morgan fingerprint density at radius 3 is 2.77 bits per heavy atom. The van der Waals surface area contributed by atoms with Gasteiger partial charge in [-0.2, -0.15) is 0 Å². The highest BCUT2D eigenvalue weighted by molar-refractivity contribution is 14.0. The number of ether oxygens (including phenoxy) is 1. The fraction of sp³-hybridized carbons (Fsp3) is 0.667. The number of guanidine groups is 1. The standard InChI is InChI=1S/C24H36N4O2.HI/c1-4-25-23(26-14-10-17-8-7-9-18(16-17)22(29)28(2)3)27-20-19-11-15-30-21(19)24(20)12-5-6-13-24;/h7-9,16,19-21H,4-6,10-15H2,1-3H3,(H2,25,26,27);1H. The third-order valence-electron chi connectivity index (χ3n) is 7.17. The van der Waals surface area contributed by atoms with Crippen LogP contribution in [0.4, 0.5) is 0 Å². The smallest absolute Gasteiger partial charge is 0.253 e. The van der Waals surface area contributed by atoms with Crippen molar-refractivity contribution in [2.45, 2.75) is 57.6 Å². The monoisotopic (exact) mass is 540 g/mol. The van der Waals surface area contributed by atoms with Crippen molar-refractivity contribution in [1.29, 1.82) is 0 Å². The third-order valence-corrected chi connectivity index (χ3v) is 7.17. The number of aliphatic imine (C=N–C) groups is 1. The Kier molecular flexibility index (Phi) is 8.24. The van der Waals surface area contributed by atoms with Gasteiger partial charge in [-0.25, -0.2) is 0 Å². The number of fused-ring (bicyclic) bond motifs is 2. The fourth-order valence-electron chi connectivity index (χ4n) is 5.79. The van der Waals surface area contributed by atoms with E-state index in [1.54, 1.807) is 19.0 Å². The SMILES string of the molecule is CCNC(=NCCc1cccc(C(=O)N(C)C)c1)NC1C2CCOC2C12CCCC2.I. The summed E-state index contributed by atoms with van der Waals surface area (Å²) in [6, 6.07) is 8.36. The summed E-state index contributed by atoms with van der Waals surface area (Å²) >= 11 is 0. The molecule has 31 heavy (non-hydrogen) atoms. The summed E-state index contributed by atoms with van der Waals surface area (Å²) in [6.07, 6.45) is 7.63. The summed E-state index contributed by atoms with van der Waals surface area (Å²) < 4.78 is 6.12. The van der Waals surface area contributed by atoms with Gasteiger partial charge in [0.25, 0.3) is 5.91 Å². The highest BCUT2D eigenvalue weighted by Gasteiger charge is 2.65. The number of carbonyl (C=O) groups is 1. The molecule has 4 rings (SSSR count). The van der Waals surface area contributed by atoms with Gasteiger partial charge in [-0.05, 0) is 50.3 Å². The molecule has 0 radical (unpaired) electrons. The molecule has 1 aromatic carbocycles. The summed E-state index contributed by atoms with van der Waals surface area (Å²) in [5, 5.41) is 7.22. The number of nitrogens with zero attached hydrogens (tertiary/aromatic N) is 2. The molecule has 3 atom stereocenters. The zero-order valence-electron chi connectivity index (χ0n) is 19.0. The Morgan fingerprint density at radius 1 is 1.29 bits per heavy atom. The quantitative estimate of drug-likeness (QED) is 0.330. The lowest BCUT2D eigenvalue weighted by Gasteiger charge is -2.57. The molecule has 3 fully saturated rings. The molecule has 1 spiro atoms.